The first kappa shape index (κ1) is 28.6. The van der Waals surface area contributed by atoms with Gasteiger partial charge in [0.1, 0.15) is 5.75 Å². The second-order valence-corrected chi connectivity index (χ2v) is 12.0. The minimum atomic E-state index is -0.696. The maximum atomic E-state index is 11.9. The molecule has 2 aromatic heterocycles. The number of aliphatic carboxylic acids is 1. The minimum absolute atomic E-state index is 0.172. The van der Waals surface area contributed by atoms with Crippen LogP contribution in [0.25, 0.3) is 10.9 Å². The van der Waals surface area contributed by atoms with Crippen LogP contribution < -0.4 is 4.74 Å². The van der Waals surface area contributed by atoms with E-state index in [1.165, 1.54) is 11.1 Å². The number of carboxylic acid groups (broad SMARTS) is 1. The van der Waals surface area contributed by atoms with Crippen LogP contribution >= 0.6 is 11.3 Å². The van der Waals surface area contributed by atoms with Crippen molar-refractivity contribution in [2.75, 3.05) is 53.0 Å². The van der Waals surface area contributed by atoms with E-state index in [-0.39, 0.29) is 11.8 Å². The largest absolute Gasteiger partial charge is 0.497 e. The zero-order valence-electron chi connectivity index (χ0n) is 23.4. The Morgan fingerprint density at radius 3 is 2.73 bits per heavy atom. The van der Waals surface area contributed by atoms with Crippen molar-refractivity contribution < 1.29 is 19.4 Å². The standard InChI is InChI=1S/C32H39N3O4S/c1-38-26-8-9-30-29(21-26)28(25(23-33-30)24-35-16-18-39-19-17-35)7-2-10-32(22-31(36)37)11-14-34(15-12-32)13-3-5-27-6-4-20-40-27/h4,6,8-9,20-21,23H,2,7,10-19,22,24H2,1H3,(H,36,37). The van der Waals surface area contributed by atoms with Gasteiger partial charge in [0.15, 0.2) is 0 Å². The van der Waals surface area contributed by atoms with Gasteiger partial charge in [-0.15, -0.1) is 11.3 Å². The van der Waals surface area contributed by atoms with Gasteiger partial charge in [0.2, 0.25) is 0 Å². The average molecular weight is 562 g/mol. The van der Waals surface area contributed by atoms with Crippen molar-refractivity contribution in [2.24, 2.45) is 5.41 Å². The molecule has 212 valence electrons. The van der Waals surface area contributed by atoms with E-state index in [1.54, 1.807) is 18.4 Å². The minimum Gasteiger partial charge on any atom is -0.497 e. The number of pyridine rings is 1. The summed E-state index contributed by atoms with van der Waals surface area (Å²) in [5.41, 5.74) is 3.35. The van der Waals surface area contributed by atoms with Gasteiger partial charge >= 0.3 is 5.97 Å². The van der Waals surface area contributed by atoms with E-state index >= 15 is 0 Å². The molecule has 2 fully saturated rings. The number of carbonyl (C=O) groups is 1. The Balaban J connectivity index is 1.28. The molecule has 0 amide bonds. The molecule has 0 spiro atoms. The van der Waals surface area contributed by atoms with Crippen LogP contribution in [0.1, 0.15) is 48.1 Å². The van der Waals surface area contributed by atoms with Crippen LogP contribution in [-0.2, 0) is 22.5 Å². The number of carboxylic acids is 1. The van der Waals surface area contributed by atoms with Gasteiger partial charge in [-0.1, -0.05) is 17.9 Å². The second kappa shape index (κ2) is 13.6. The van der Waals surface area contributed by atoms with Gasteiger partial charge in [-0.25, -0.2) is 0 Å². The summed E-state index contributed by atoms with van der Waals surface area (Å²) >= 11 is 1.66. The number of aromatic nitrogens is 1. The molecule has 0 unspecified atom stereocenters. The van der Waals surface area contributed by atoms with Gasteiger partial charge in [-0.3, -0.25) is 19.6 Å². The smallest absolute Gasteiger partial charge is 0.303 e. The van der Waals surface area contributed by atoms with E-state index in [1.807, 2.05) is 35.8 Å². The van der Waals surface area contributed by atoms with Crippen molar-refractivity contribution in [3.63, 3.8) is 0 Å². The molecule has 0 aliphatic carbocycles. The number of nitrogens with zero attached hydrogens (tertiary/aromatic N) is 3. The second-order valence-electron chi connectivity index (χ2n) is 11.0. The molecule has 40 heavy (non-hydrogen) atoms. The number of morpholine rings is 1. The molecule has 0 radical (unpaired) electrons. The van der Waals surface area contributed by atoms with E-state index in [9.17, 15) is 9.90 Å². The van der Waals surface area contributed by atoms with Crippen molar-refractivity contribution in [1.29, 1.82) is 0 Å². The van der Waals surface area contributed by atoms with Gasteiger partial charge in [0, 0.05) is 31.2 Å². The third kappa shape index (κ3) is 7.41. The number of methoxy groups -OCH3 is 1. The monoisotopic (exact) mass is 561 g/mol. The highest BCUT2D eigenvalue weighted by molar-refractivity contribution is 7.10. The zero-order chi connectivity index (χ0) is 27.8. The Hall–Kier alpha value is -2.96. The van der Waals surface area contributed by atoms with Gasteiger partial charge in [0.05, 0.1) is 43.7 Å². The van der Waals surface area contributed by atoms with E-state index < -0.39 is 5.97 Å². The number of hydrogen-bond acceptors (Lipinski definition) is 7. The zero-order valence-corrected chi connectivity index (χ0v) is 24.2. The molecule has 7 nitrogen and oxygen atoms in total. The third-order valence-corrected chi connectivity index (χ3v) is 9.17. The number of ether oxygens (including phenoxy) is 2. The van der Waals surface area contributed by atoms with Gasteiger partial charge in [-0.2, -0.15) is 0 Å². The predicted molar refractivity (Wildman–Crippen MR) is 159 cm³/mol. The first-order valence-electron chi connectivity index (χ1n) is 14.2. The molecule has 0 atom stereocenters. The lowest BCUT2D eigenvalue weighted by Gasteiger charge is -2.41. The summed E-state index contributed by atoms with van der Waals surface area (Å²) in [7, 11) is 1.70. The van der Waals surface area contributed by atoms with E-state index in [0.29, 0.717) is 0 Å². The summed E-state index contributed by atoms with van der Waals surface area (Å²) in [6.45, 7) is 6.74. The number of fused-ring (bicyclic) bond motifs is 1. The number of rotatable bonds is 10. The third-order valence-electron chi connectivity index (χ3n) is 8.39. The van der Waals surface area contributed by atoms with Gasteiger partial charge in [0.25, 0.3) is 0 Å². The molecule has 3 aromatic rings. The summed E-state index contributed by atoms with van der Waals surface area (Å²) in [4.78, 5) is 22.6. The lowest BCUT2D eigenvalue weighted by atomic mass is 9.72. The van der Waals surface area contributed by atoms with Crippen LogP contribution in [0.4, 0.5) is 0 Å². The van der Waals surface area contributed by atoms with Crippen LogP contribution in [0, 0.1) is 17.3 Å². The Bertz CT molecular complexity index is 1330. The maximum Gasteiger partial charge on any atom is 0.303 e. The van der Waals surface area contributed by atoms with Crippen LogP contribution in [0.15, 0.2) is 41.9 Å². The predicted octanol–water partition coefficient (Wildman–Crippen LogP) is 5.07. The van der Waals surface area contributed by atoms with E-state index in [4.69, 9.17) is 14.5 Å². The summed E-state index contributed by atoms with van der Waals surface area (Å²) in [6, 6.07) is 10.1. The van der Waals surface area contributed by atoms with Crippen molar-refractivity contribution in [1.82, 2.24) is 14.8 Å². The summed E-state index contributed by atoms with van der Waals surface area (Å²) in [5, 5.41) is 13.0. The van der Waals surface area contributed by atoms with Crippen LogP contribution in [0.3, 0.4) is 0 Å². The first-order valence-corrected chi connectivity index (χ1v) is 15.1. The normalized spacial score (nSPS) is 17.8. The maximum absolute atomic E-state index is 11.9. The highest BCUT2D eigenvalue weighted by Crippen LogP contribution is 2.40. The molecular formula is C32H39N3O4S. The summed E-state index contributed by atoms with van der Waals surface area (Å²) < 4.78 is 11.1. The lowest BCUT2D eigenvalue weighted by Crippen LogP contribution is -2.41. The van der Waals surface area contributed by atoms with Crippen molar-refractivity contribution in [3.8, 4) is 17.6 Å². The molecule has 1 aromatic carbocycles. The highest BCUT2D eigenvalue weighted by atomic mass is 32.1. The molecule has 0 bridgehead atoms. The van der Waals surface area contributed by atoms with Crippen molar-refractivity contribution in [2.45, 2.75) is 45.1 Å². The fourth-order valence-electron chi connectivity index (χ4n) is 6.08. The summed E-state index contributed by atoms with van der Waals surface area (Å²) in [6.07, 6.45) is 6.78. The van der Waals surface area contributed by atoms with Crippen LogP contribution in [-0.4, -0.2) is 78.9 Å². The highest BCUT2D eigenvalue weighted by Gasteiger charge is 2.36. The average Bonchev–Trinajstić information content (AvgIpc) is 3.49. The Morgan fingerprint density at radius 2 is 2.00 bits per heavy atom. The molecular weight excluding hydrogens is 522 g/mol. The fraction of sp³-hybridized carbons (Fsp3) is 0.500. The van der Waals surface area contributed by atoms with Crippen LogP contribution in [0.2, 0.25) is 0 Å². The topological polar surface area (TPSA) is 75.1 Å². The number of aryl methyl sites for hydroxylation is 1. The van der Waals surface area contributed by atoms with Gasteiger partial charge in [-0.05, 0) is 91.4 Å². The molecule has 2 saturated heterocycles. The quantitative estimate of drug-likeness (QED) is 0.347. The Kier molecular flexibility index (Phi) is 9.71. The fourth-order valence-corrected chi connectivity index (χ4v) is 6.67. The number of piperidine rings is 1. The van der Waals surface area contributed by atoms with Crippen molar-refractivity contribution in [3.05, 3.63) is 57.9 Å². The Labute approximate surface area is 241 Å². The number of thiophene rings is 1. The Morgan fingerprint density at radius 1 is 1.18 bits per heavy atom. The number of hydrogen-bond donors (Lipinski definition) is 1. The molecule has 0 saturated carbocycles. The van der Waals surface area contributed by atoms with Gasteiger partial charge < -0.3 is 14.6 Å². The molecule has 8 heteroatoms. The number of benzene rings is 1. The van der Waals surface area contributed by atoms with Crippen molar-refractivity contribution >= 4 is 28.2 Å². The van der Waals surface area contributed by atoms with E-state index in [2.05, 4.69) is 27.7 Å². The molecule has 1 N–H and O–H groups in total. The van der Waals surface area contributed by atoms with Crippen LogP contribution in [0.5, 0.6) is 5.75 Å². The first-order chi connectivity index (χ1) is 19.5. The number of likely N-dealkylation sites (tertiary alicyclic amines) is 1. The molecule has 2 aliphatic heterocycles. The molecule has 2 aliphatic rings. The lowest BCUT2D eigenvalue weighted by molar-refractivity contribution is -0.140. The molecule has 5 rings (SSSR count). The summed E-state index contributed by atoms with van der Waals surface area (Å²) in [5.74, 6) is 6.67. The van der Waals surface area contributed by atoms with E-state index in [0.717, 1.165) is 106 Å². The SMILES string of the molecule is COc1ccc2ncc(CN3CCOCC3)c(CCCC3(CC(=O)O)CCN(CC#Cc4cccs4)CC3)c2c1. The molecule has 4 heterocycles.